The van der Waals surface area contributed by atoms with Gasteiger partial charge in [-0.2, -0.15) is 4.37 Å². The van der Waals surface area contributed by atoms with Gasteiger partial charge < -0.3 is 15.7 Å². The SMILES string of the molecule is Cc1csc(-c2c(N)nsc2N2CCC(CO)C2)n1. The van der Waals surface area contributed by atoms with Gasteiger partial charge in [-0.3, -0.25) is 0 Å². The molecule has 1 aliphatic rings. The van der Waals surface area contributed by atoms with Crippen LogP contribution in [0.4, 0.5) is 10.8 Å². The van der Waals surface area contributed by atoms with Crippen molar-refractivity contribution in [2.45, 2.75) is 13.3 Å². The van der Waals surface area contributed by atoms with Crippen LogP contribution in [-0.4, -0.2) is 34.2 Å². The van der Waals surface area contributed by atoms with Gasteiger partial charge in [-0.15, -0.1) is 11.3 Å². The maximum Gasteiger partial charge on any atom is 0.149 e. The first-order valence-corrected chi connectivity index (χ1v) is 7.87. The number of nitrogen functional groups attached to an aromatic ring is 1. The second-order valence-electron chi connectivity index (χ2n) is 4.83. The Bertz CT molecular complexity index is 580. The molecule has 0 amide bonds. The van der Waals surface area contributed by atoms with Gasteiger partial charge in [0.15, 0.2) is 0 Å². The van der Waals surface area contributed by atoms with E-state index in [1.165, 1.54) is 11.5 Å². The van der Waals surface area contributed by atoms with Crippen molar-refractivity contribution in [1.82, 2.24) is 9.36 Å². The van der Waals surface area contributed by atoms with Crippen LogP contribution in [0, 0.1) is 12.8 Å². The lowest BCUT2D eigenvalue weighted by Crippen LogP contribution is -2.20. The highest BCUT2D eigenvalue weighted by Crippen LogP contribution is 2.42. The lowest BCUT2D eigenvalue weighted by atomic mass is 10.1. The molecular weight excluding hydrogens is 280 g/mol. The summed E-state index contributed by atoms with van der Waals surface area (Å²) in [5, 5.41) is 13.3. The summed E-state index contributed by atoms with van der Waals surface area (Å²) in [4.78, 5) is 6.78. The molecule has 2 aromatic heterocycles. The minimum Gasteiger partial charge on any atom is -0.396 e. The number of nitrogens with two attached hydrogens (primary N) is 1. The zero-order valence-electron chi connectivity index (χ0n) is 10.7. The molecule has 0 spiro atoms. The Hall–Kier alpha value is -1.18. The van der Waals surface area contributed by atoms with Crippen molar-refractivity contribution in [3.8, 4) is 10.6 Å². The summed E-state index contributed by atoms with van der Waals surface area (Å²) in [7, 11) is 0. The minimum atomic E-state index is 0.247. The van der Waals surface area contributed by atoms with E-state index in [4.69, 9.17) is 5.73 Å². The van der Waals surface area contributed by atoms with Crippen LogP contribution in [0.3, 0.4) is 0 Å². The zero-order valence-corrected chi connectivity index (χ0v) is 12.3. The van der Waals surface area contributed by atoms with Crippen molar-refractivity contribution < 1.29 is 5.11 Å². The number of aryl methyl sites for hydroxylation is 1. The average molecular weight is 296 g/mol. The van der Waals surface area contributed by atoms with E-state index < -0.39 is 0 Å². The van der Waals surface area contributed by atoms with Crippen LogP contribution in [-0.2, 0) is 0 Å². The van der Waals surface area contributed by atoms with E-state index in [-0.39, 0.29) is 6.61 Å². The van der Waals surface area contributed by atoms with E-state index >= 15 is 0 Å². The van der Waals surface area contributed by atoms with Gasteiger partial charge in [0, 0.05) is 36.7 Å². The van der Waals surface area contributed by atoms with Crippen molar-refractivity contribution in [2.24, 2.45) is 5.92 Å². The molecule has 0 radical (unpaired) electrons. The molecule has 2 aromatic rings. The fourth-order valence-electron chi connectivity index (χ4n) is 2.35. The molecule has 5 nitrogen and oxygen atoms in total. The summed E-state index contributed by atoms with van der Waals surface area (Å²) < 4.78 is 4.28. The van der Waals surface area contributed by atoms with E-state index in [1.807, 2.05) is 12.3 Å². The lowest BCUT2D eigenvalue weighted by molar-refractivity contribution is 0.239. The number of thiazole rings is 1. The summed E-state index contributed by atoms with van der Waals surface area (Å²) in [6, 6.07) is 0. The fourth-order valence-corrected chi connectivity index (χ4v) is 4.11. The topological polar surface area (TPSA) is 75.3 Å². The van der Waals surface area contributed by atoms with Gasteiger partial charge in [-0.1, -0.05) is 0 Å². The third-order valence-corrected chi connectivity index (χ3v) is 5.27. The van der Waals surface area contributed by atoms with Crippen LogP contribution < -0.4 is 10.6 Å². The number of rotatable bonds is 3. The van der Waals surface area contributed by atoms with Crippen LogP contribution >= 0.6 is 22.9 Å². The highest BCUT2D eigenvalue weighted by molar-refractivity contribution is 7.15. The first kappa shape index (κ1) is 12.8. The summed E-state index contributed by atoms with van der Waals surface area (Å²) in [6.07, 6.45) is 1.02. The highest BCUT2D eigenvalue weighted by atomic mass is 32.1. The smallest absolute Gasteiger partial charge is 0.149 e. The standard InChI is InChI=1S/C12H16N4OS2/c1-7-6-18-11(14-7)9-10(13)15-19-12(9)16-3-2-8(4-16)5-17/h6,8,17H,2-5H2,1H3,(H2,13,15). The Morgan fingerprint density at radius 3 is 3.05 bits per heavy atom. The molecular formula is C12H16N4OS2. The van der Waals surface area contributed by atoms with Gasteiger partial charge in [-0.05, 0) is 24.9 Å². The molecule has 0 bridgehead atoms. The van der Waals surface area contributed by atoms with E-state index in [0.29, 0.717) is 11.7 Å². The Balaban J connectivity index is 1.95. The maximum atomic E-state index is 9.25. The van der Waals surface area contributed by atoms with E-state index in [2.05, 4.69) is 14.3 Å². The van der Waals surface area contributed by atoms with E-state index in [0.717, 1.165) is 40.8 Å². The molecule has 1 saturated heterocycles. The number of hydrogen-bond acceptors (Lipinski definition) is 7. The molecule has 0 aliphatic carbocycles. The first-order valence-electron chi connectivity index (χ1n) is 6.22. The quantitative estimate of drug-likeness (QED) is 0.906. The van der Waals surface area contributed by atoms with Crippen molar-refractivity contribution in [2.75, 3.05) is 30.3 Å². The predicted octanol–water partition coefficient (Wildman–Crippen LogP) is 1.98. The molecule has 7 heteroatoms. The van der Waals surface area contributed by atoms with Crippen molar-refractivity contribution in [1.29, 1.82) is 0 Å². The molecule has 1 unspecified atom stereocenters. The van der Waals surface area contributed by atoms with E-state index in [9.17, 15) is 5.11 Å². The molecule has 102 valence electrons. The van der Waals surface area contributed by atoms with Crippen molar-refractivity contribution in [3.05, 3.63) is 11.1 Å². The number of aromatic nitrogens is 2. The summed E-state index contributed by atoms with van der Waals surface area (Å²) in [6.45, 7) is 4.05. The Morgan fingerprint density at radius 1 is 1.58 bits per heavy atom. The van der Waals surface area contributed by atoms with Gasteiger partial charge in [0.25, 0.3) is 0 Å². The van der Waals surface area contributed by atoms with Gasteiger partial charge in [0.05, 0.1) is 5.56 Å². The van der Waals surface area contributed by atoms with Crippen molar-refractivity contribution in [3.63, 3.8) is 0 Å². The van der Waals surface area contributed by atoms with Crippen LogP contribution in [0.15, 0.2) is 5.38 Å². The number of aliphatic hydroxyl groups is 1. The third-order valence-electron chi connectivity index (χ3n) is 3.36. The predicted molar refractivity (Wildman–Crippen MR) is 79.8 cm³/mol. The number of anilines is 2. The highest BCUT2D eigenvalue weighted by Gasteiger charge is 2.27. The normalized spacial score (nSPS) is 19.3. The van der Waals surface area contributed by atoms with Crippen LogP contribution in [0.25, 0.3) is 10.6 Å². The van der Waals surface area contributed by atoms with Crippen LogP contribution in [0.1, 0.15) is 12.1 Å². The van der Waals surface area contributed by atoms with E-state index in [1.54, 1.807) is 11.3 Å². The average Bonchev–Trinajstić information content (AvgIpc) is 3.08. The second kappa shape index (κ2) is 5.07. The lowest BCUT2D eigenvalue weighted by Gasteiger charge is -2.16. The zero-order chi connectivity index (χ0) is 13.4. The Labute approximate surface area is 119 Å². The molecule has 3 N–H and O–H groups in total. The summed E-state index contributed by atoms with van der Waals surface area (Å²) in [5.41, 5.74) is 7.97. The number of nitrogens with zero attached hydrogens (tertiary/aromatic N) is 3. The summed E-state index contributed by atoms with van der Waals surface area (Å²) >= 11 is 3.03. The molecule has 0 aromatic carbocycles. The molecule has 19 heavy (non-hydrogen) atoms. The van der Waals surface area contributed by atoms with Crippen molar-refractivity contribution >= 4 is 33.7 Å². The Kier molecular flexibility index (Phi) is 3.42. The molecule has 1 aliphatic heterocycles. The van der Waals surface area contributed by atoms with Crippen LogP contribution in [0.5, 0.6) is 0 Å². The second-order valence-corrected chi connectivity index (χ2v) is 6.44. The molecule has 3 heterocycles. The van der Waals surface area contributed by atoms with Crippen LogP contribution in [0.2, 0.25) is 0 Å². The fraction of sp³-hybridized carbons (Fsp3) is 0.500. The number of aliphatic hydroxyl groups excluding tert-OH is 1. The third kappa shape index (κ3) is 2.33. The molecule has 1 atom stereocenters. The van der Waals surface area contributed by atoms with Gasteiger partial charge >= 0.3 is 0 Å². The largest absolute Gasteiger partial charge is 0.396 e. The molecule has 3 rings (SSSR count). The Morgan fingerprint density at radius 2 is 2.42 bits per heavy atom. The monoisotopic (exact) mass is 296 g/mol. The van der Waals surface area contributed by atoms with Gasteiger partial charge in [-0.25, -0.2) is 4.98 Å². The van der Waals surface area contributed by atoms with Gasteiger partial charge in [0.2, 0.25) is 0 Å². The first-order chi connectivity index (χ1) is 9.19. The minimum absolute atomic E-state index is 0.247. The number of hydrogen-bond donors (Lipinski definition) is 2. The molecule has 1 fully saturated rings. The maximum absolute atomic E-state index is 9.25. The van der Waals surface area contributed by atoms with Gasteiger partial charge in [0.1, 0.15) is 15.8 Å². The molecule has 0 saturated carbocycles. The summed E-state index contributed by atoms with van der Waals surface area (Å²) in [5.74, 6) is 0.913.